The van der Waals surface area contributed by atoms with Crippen LogP contribution in [-0.4, -0.2) is 22.6 Å². The van der Waals surface area contributed by atoms with Crippen molar-refractivity contribution in [1.82, 2.24) is 9.97 Å². The van der Waals surface area contributed by atoms with Crippen LogP contribution in [0.1, 0.15) is 66.3 Å². The third-order valence-corrected chi connectivity index (χ3v) is 3.37. The van der Waals surface area contributed by atoms with Crippen LogP contribution in [0.3, 0.4) is 0 Å². The fourth-order valence-corrected chi connectivity index (χ4v) is 2.33. The van der Waals surface area contributed by atoms with Crippen LogP contribution < -0.4 is 10.6 Å². The zero-order chi connectivity index (χ0) is 16.2. The summed E-state index contributed by atoms with van der Waals surface area (Å²) in [6.07, 6.45) is 1.13. The van der Waals surface area contributed by atoms with Crippen molar-refractivity contribution in [1.29, 1.82) is 0 Å². The van der Waals surface area contributed by atoms with Crippen molar-refractivity contribution in [3.05, 3.63) is 11.4 Å². The number of hydrogen-bond acceptors (Lipinski definition) is 4. The third-order valence-electron chi connectivity index (χ3n) is 3.37. The Hall–Kier alpha value is -1.32. The number of rotatable bonds is 6. The van der Waals surface area contributed by atoms with E-state index in [2.05, 4.69) is 66.0 Å². The standard InChI is InChI=1S/C17H32N4/c1-9-18-14-13(5)15(19-12(4)10-11(2)3)21-16(20-14)17(6,7)8/h11-12H,9-10H2,1-8H3,(H2,18,19,20,21). The Labute approximate surface area is 130 Å². The first-order valence-electron chi connectivity index (χ1n) is 8.04. The predicted molar refractivity (Wildman–Crippen MR) is 92.2 cm³/mol. The first-order valence-corrected chi connectivity index (χ1v) is 8.04. The molecule has 0 aromatic carbocycles. The molecule has 0 bridgehead atoms. The zero-order valence-electron chi connectivity index (χ0n) is 15.0. The van der Waals surface area contributed by atoms with Gasteiger partial charge in [-0.1, -0.05) is 34.6 Å². The highest BCUT2D eigenvalue weighted by Gasteiger charge is 2.21. The Kier molecular flexibility index (Phi) is 5.99. The molecule has 21 heavy (non-hydrogen) atoms. The minimum Gasteiger partial charge on any atom is -0.370 e. The maximum atomic E-state index is 4.77. The molecule has 0 spiro atoms. The molecule has 1 rings (SSSR count). The molecule has 1 aromatic rings. The van der Waals surface area contributed by atoms with Crippen molar-refractivity contribution in [3.8, 4) is 0 Å². The van der Waals surface area contributed by atoms with Crippen LogP contribution >= 0.6 is 0 Å². The van der Waals surface area contributed by atoms with E-state index in [1.807, 2.05) is 0 Å². The molecule has 0 amide bonds. The molecule has 120 valence electrons. The Morgan fingerprint density at radius 2 is 1.62 bits per heavy atom. The summed E-state index contributed by atoms with van der Waals surface area (Å²) in [6, 6.07) is 0.404. The highest BCUT2D eigenvalue weighted by atomic mass is 15.1. The summed E-state index contributed by atoms with van der Waals surface area (Å²) in [7, 11) is 0. The van der Waals surface area contributed by atoms with Crippen LogP contribution in [0.4, 0.5) is 11.6 Å². The highest BCUT2D eigenvalue weighted by molar-refractivity contribution is 5.58. The number of anilines is 2. The normalized spacial score (nSPS) is 13.4. The smallest absolute Gasteiger partial charge is 0.138 e. The lowest BCUT2D eigenvalue weighted by Gasteiger charge is -2.23. The van der Waals surface area contributed by atoms with Gasteiger partial charge in [-0.15, -0.1) is 0 Å². The highest BCUT2D eigenvalue weighted by Crippen LogP contribution is 2.27. The predicted octanol–water partition coefficient (Wildman–Crippen LogP) is 4.36. The van der Waals surface area contributed by atoms with Gasteiger partial charge in [-0.2, -0.15) is 0 Å². The second-order valence-corrected chi connectivity index (χ2v) is 7.32. The molecule has 2 N–H and O–H groups in total. The van der Waals surface area contributed by atoms with Gasteiger partial charge < -0.3 is 10.6 Å². The minimum atomic E-state index is -0.0599. The fourth-order valence-electron chi connectivity index (χ4n) is 2.33. The molecule has 0 radical (unpaired) electrons. The molecule has 0 aliphatic carbocycles. The van der Waals surface area contributed by atoms with Gasteiger partial charge in [0.2, 0.25) is 0 Å². The lowest BCUT2D eigenvalue weighted by atomic mass is 9.95. The zero-order valence-corrected chi connectivity index (χ0v) is 15.0. The lowest BCUT2D eigenvalue weighted by molar-refractivity contribution is 0.531. The largest absolute Gasteiger partial charge is 0.370 e. The molecule has 1 unspecified atom stereocenters. The van der Waals surface area contributed by atoms with E-state index in [9.17, 15) is 0 Å². The molecular formula is C17H32N4. The number of nitrogens with one attached hydrogen (secondary N) is 2. The Morgan fingerprint density at radius 3 is 2.10 bits per heavy atom. The van der Waals surface area contributed by atoms with Crippen molar-refractivity contribution in [2.45, 2.75) is 73.3 Å². The summed E-state index contributed by atoms with van der Waals surface area (Å²) in [6.45, 7) is 18.2. The van der Waals surface area contributed by atoms with Gasteiger partial charge >= 0.3 is 0 Å². The quantitative estimate of drug-likeness (QED) is 0.818. The first-order chi connectivity index (χ1) is 9.65. The summed E-state index contributed by atoms with van der Waals surface area (Å²) < 4.78 is 0. The molecule has 4 heteroatoms. The van der Waals surface area contributed by atoms with Gasteiger partial charge in [0.1, 0.15) is 17.5 Å². The average Bonchev–Trinajstić information content (AvgIpc) is 2.31. The Bertz CT molecular complexity index is 461. The van der Waals surface area contributed by atoms with Crippen molar-refractivity contribution in [3.63, 3.8) is 0 Å². The van der Waals surface area contributed by atoms with Gasteiger partial charge in [0, 0.05) is 23.6 Å². The number of hydrogen-bond donors (Lipinski definition) is 2. The van der Waals surface area contributed by atoms with Crippen molar-refractivity contribution in [2.75, 3.05) is 17.2 Å². The molecule has 0 saturated heterocycles. The average molecular weight is 292 g/mol. The third kappa shape index (κ3) is 5.18. The Morgan fingerprint density at radius 1 is 1.05 bits per heavy atom. The van der Waals surface area contributed by atoms with Crippen LogP contribution in [0.2, 0.25) is 0 Å². The van der Waals surface area contributed by atoms with Crippen LogP contribution in [0.15, 0.2) is 0 Å². The summed E-state index contributed by atoms with van der Waals surface area (Å²) in [4.78, 5) is 9.47. The van der Waals surface area contributed by atoms with E-state index in [-0.39, 0.29) is 5.41 Å². The van der Waals surface area contributed by atoms with E-state index in [1.165, 1.54) is 0 Å². The van der Waals surface area contributed by atoms with Gasteiger partial charge in [0.15, 0.2) is 0 Å². The molecule has 1 aromatic heterocycles. The fraction of sp³-hybridized carbons (Fsp3) is 0.765. The molecule has 0 fully saturated rings. The molecule has 0 aliphatic heterocycles. The topological polar surface area (TPSA) is 49.8 Å². The van der Waals surface area contributed by atoms with Gasteiger partial charge in [-0.05, 0) is 33.1 Å². The molecule has 1 atom stereocenters. The van der Waals surface area contributed by atoms with Crippen molar-refractivity contribution in [2.24, 2.45) is 5.92 Å². The lowest BCUT2D eigenvalue weighted by Crippen LogP contribution is -2.23. The number of aromatic nitrogens is 2. The number of nitrogens with zero attached hydrogens (tertiary/aromatic N) is 2. The van der Waals surface area contributed by atoms with Crippen LogP contribution in [0.25, 0.3) is 0 Å². The second kappa shape index (κ2) is 7.10. The molecule has 0 saturated carbocycles. The van der Waals surface area contributed by atoms with Crippen molar-refractivity contribution >= 4 is 11.6 Å². The molecule has 1 heterocycles. The van der Waals surface area contributed by atoms with Gasteiger partial charge in [-0.25, -0.2) is 9.97 Å². The minimum absolute atomic E-state index is 0.0599. The Balaban J connectivity index is 3.14. The van der Waals surface area contributed by atoms with E-state index in [4.69, 9.17) is 9.97 Å². The van der Waals surface area contributed by atoms with Crippen LogP contribution in [0, 0.1) is 12.8 Å². The van der Waals surface area contributed by atoms with Crippen molar-refractivity contribution < 1.29 is 0 Å². The summed E-state index contributed by atoms with van der Waals surface area (Å²) in [5.74, 6) is 3.45. The SMILES string of the molecule is CCNc1nc(C(C)(C)C)nc(NC(C)CC(C)C)c1C. The van der Waals surface area contributed by atoms with E-state index < -0.39 is 0 Å². The maximum Gasteiger partial charge on any atom is 0.138 e. The second-order valence-electron chi connectivity index (χ2n) is 7.32. The summed E-state index contributed by atoms with van der Waals surface area (Å²) in [5.41, 5.74) is 1.04. The molecular weight excluding hydrogens is 260 g/mol. The molecule has 4 nitrogen and oxygen atoms in total. The summed E-state index contributed by atoms with van der Waals surface area (Å²) in [5, 5.41) is 6.91. The summed E-state index contributed by atoms with van der Waals surface area (Å²) >= 11 is 0. The van der Waals surface area contributed by atoms with Gasteiger partial charge in [-0.3, -0.25) is 0 Å². The van der Waals surface area contributed by atoms with E-state index in [0.717, 1.165) is 36.0 Å². The maximum absolute atomic E-state index is 4.77. The van der Waals surface area contributed by atoms with E-state index in [0.29, 0.717) is 12.0 Å². The monoisotopic (exact) mass is 292 g/mol. The molecule has 0 aliphatic rings. The van der Waals surface area contributed by atoms with Gasteiger partial charge in [0.25, 0.3) is 0 Å². The van der Waals surface area contributed by atoms with E-state index >= 15 is 0 Å². The van der Waals surface area contributed by atoms with Gasteiger partial charge in [0.05, 0.1) is 0 Å². The van der Waals surface area contributed by atoms with Crippen LogP contribution in [0.5, 0.6) is 0 Å². The van der Waals surface area contributed by atoms with E-state index in [1.54, 1.807) is 0 Å². The van der Waals surface area contributed by atoms with Crippen LogP contribution in [-0.2, 0) is 5.41 Å². The first kappa shape index (κ1) is 17.7.